The van der Waals surface area contributed by atoms with Gasteiger partial charge in [0.1, 0.15) is 18.4 Å². The van der Waals surface area contributed by atoms with E-state index in [1.54, 1.807) is 18.2 Å². The van der Waals surface area contributed by atoms with E-state index in [9.17, 15) is 9.59 Å². The van der Waals surface area contributed by atoms with Crippen LogP contribution in [0.15, 0.2) is 18.2 Å². The van der Waals surface area contributed by atoms with Crippen LogP contribution in [-0.2, 0) is 9.59 Å². The number of nitrogens with one attached hydrogen (secondary N) is 1. The Morgan fingerprint density at radius 2 is 2.13 bits per heavy atom. The molecule has 1 aliphatic rings. The molecule has 0 radical (unpaired) electrons. The molecule has 1 aromatic carbocycles. The summed E-state index contributed by atoms with van der Waals surface area (Å²) in [6.07, 6.45) is 1.74. The van der Waals surface area contributed by atoms with Crippen molar-refractivity contribution >= 4 is 35.1 Å². The third-order valence-electron chi connectivity index (χ3n) is 3.46. The van der Waals surface area contributed by atoms with Gasteiger partial charge in [0.25, 0.3) is 0 Å². The number of hydrogen-bond acceptors (Lipinski definition) is 4. The van der Waals surface area contributed by atoms with Crippen molar-refractivity contribution in [3.8, 4) is 5.75 Å². The molecule has 6 nitrogen and oxygen atoms in total. The van der Waals surface area contributed by atoms with Gasteiger partial charge in [0.2, 0.25) is 5.91 Å². The highest BCUT2D eigenvalue weighted by atomic mass is 35.5. The van der Waals surface area contributed by atoms with Gasteiger partial charge in [0.05, 0.1) is 16.6 Å². The lowest BCUT2D eigenvalue weighted by Gasteiger charge is -2.32. The molecule has 23 heavy (non-hydrogen) atoms. The summed E-state index contributed by atoms with van der Waals surface area (Å²) < 4.78 is 5.89. The summed E-state index contributed by atoms with van der Waals surface area (Å²) in [5, 5.41) is 11.8. The SMILES string of the molecule is O=C(O)CNC(=O)CN1CCCC(Oc2ccc(Cl)c(Cl)c2)C1. The van der Waals surface area contributed by atoms with Gasteiger partial charge in [0.15, 0.2) is 0 Å². The molecule has 0 bridgehead atoms. The monoisotopic (exact) mass is 360 g/mol. The predicted octanol–water partition coefficient (Wildman–Crippen LogP) is 2.04. The Bertz CT molecular complexity index is 583. The molecule has 1 aromatic rings. The van der Waals surface area contributed by atoms with E-state index in [0.29, 0.717) is 22.3 Å². The van der Waals surface area contributed by atoms with E-state index in [1.165, 1.54) is 0 Å². The standard InChI is InChI=1S/C15H18Cl2N2O4/c16-12-4-3-10(6-13(12)17)23-11-2-1-5-19(8-11)9-14(20)18-7-15(21)22/h3-4,6,11H,1-2,5,7-9H2,(H,18,20)(H,21,22). The number of carboxylic acid groups (broad SMARTS) is 1. The smallest absolute Gasteiger partial charge is 0.322 e. The number of likely N-dealkylation sites (tertiary alicyclic amines) is 1. The Labute approximate surface area is 144 Å². The molecule has 126 valence electrons. The summed E-state index contributed by atoms with van der Waals surface area (Å²) in [6.45, 7) is 1.17. The van der Waals surface area contributed by atoms with Crippen molar-refractivity contribution in [3.63, 3.8) is 0 Å². The summed E-state index contributed by atoms with van der Waals surface area (Å²) in [5.41, 5.74) is 0. The van der Waals surface area contributed by atoms with Crippen LogP contribution in [-0.4, -0.2) is 54.2 Å². The molecule has 1 fully saturated rings. The summed E-state index contributed by atoms with van der Waals surface area (Å²) in [4.78, 5) is 24.1. The van der Waals surface area contributed by atoms with E-state index in [0.717, 1.165) is 19.4 Å². The molecular weight excluding hydrogens is 343 g/mol. The Kier molecular flexibility index (Phi) is 6.50. The number of piperidine rings is 1. The highest BCUT2D eigenvalue weighted by Gasteiger charge is 2.23. The highest BCUT2D eigenvalue weighted by molar-refractivity contribution is 6.42. The number of benzene rings is 1. The second-order valence-electron chi connectivity index (χ2n) is 5.36. The average molecular weight is 361 g/mol. The fourth-order valence-electron chi connectivity index (χ4n) is 2.43. The van der Waals surface area contributed by atoms with Gasteiger partial charge in [-0.05, 0) is 31.5 Å². The normalized spacial score (nSPS) is 18.4. The van der Waals surface area contributed by atoms with Crippen LogP contribution >= 0.6 is 23.2 Å². The van der Waals surface area contributed by atoms with Crippen molar-refractivity contribution in [2.45, 2.75) is 18.9 Å². The molecule has 1 heterocycles. The number of aliphatic carboxylic acids is 1. The number of nitrogens with zero attached hydrogens (tertiary/aromatic N) is 1. The molecule has 0 aliphatic carbocycles. The largest absolute Gasteiger partial charge is 0.489 e. The molecule has 1 aliphatic heterocycles. The van der Waals surface area contributed by atoms with E-state index >= 15 is 0 Å². The van der Waals surface area contributed by atoms with Gasteiger partial charge in [-0.1, -0.05) is 23.2 Å². The Morgan fingerprint density at radius 1 is 1.35 bits per heavy atom. The number of rotatable bonds is 6. The molecule has 1 saturated heterocycles. The van der Waals surface area contributed by atoms with E-state index in [-0.39, 0.29) is 25.1 Å². The molecule has 0 spiro atoms. The van der Waals surface area contributed by atoms with E-state index < -0.39 is 5.97 Å². The van der Waals surface area contributed by atoms with Crippen LogP contribution in [0, 0.1) is 0 Å². The minimum Gasteiger partial charge on any atom is -0.489 e. The van der Waals surface area contributed by atoms with Crippen molar-refractivity contribution < 1.29 is 19.4 Å². The molecule has 2 N–H and O–H groups in total. The molecule has 2 rings (SSSR count). The summed E-state index contributed by atoms with van der Waals surface area (Å²) in [7, 11) is 0. The van der Waals surface area contributed by atoms with Crippen molar-refractivity contribution in [2.24, 2.45) is 0 Å². The number of amides is 1. The molecule has 1 unspecified atom stereocenters. The van der Waals surface area contributed by atoms with Crippen molar-refractivity contribution in [3.05, 3.63) is 28.2 Å². The number of carbonyl (C=O) groups excluding carboxylic acids is 1. The minimum absolute atomic E-state index is 0.0479. The minimum atomic E-state index is -1.06. The molecule has 1 atom stereocenters. The first-order valence-electron chi connectivity index (χ1n) is 7.26. The number of ether oxygens (including phenoxy) is 1. The predicted molar refractivity (Wildman–Crippen MR) is 87.2 cm³/mol. The van der Waals surface area contributed by atoms with Gasteiger partial charge in [-0.25, -0.2) is 0 Å². The molecule has 1 amide bonds. The Hall–Kier alpha value is -1.50. The first-order valence-corrected chi connectivity index (χ1v) is 8.02. The summed E-state index contributed by atoms with van der Waals surface area (Å²) in [5.74, 6) is -0.720. The lowest BCUT2D eigenvalue weighted by Crippen LogP contribution is -2.46. The Balaban J connectivity index is 1.84. The molecular formula is C15H18Cl2N2O4. The topological polar surface area (TPSA) is 78.9 Å². The highest BCUT2D eigenvalue weighted by Crippen LogP contribution is 2.27. The van der Waals surface area contributed by atoms with Crippen LogP contribution in [0.1, 0.15) is 12.8 Å². The Morgan fingerprint density at radius 3 is 2.83 bits per heavy atom. The maximum absolute atomic E-state index is 11.7. The molecule has 0 aromatic heterocycles. The fourth-order valence-corrected chi connectivity index (χ4v) is 2.72. The average Bonchev–Trinajstić information content (AvgIpc) is 2.49. The number of halogens is 2. The van der Waals surface area contributed by atoms with Gasteiger partial charge in [-0.2, -0.15) is 0 Å². The van der Waals surface area contributed by atoms with Crippen LogP contribution in [0.5, 0.6) is 5.75 Å². The quantitative estimate of drug-likeness (QED) is 0.811. The van der Waals surface area contributed by atoms with Gasteiger partial charge < -0.3 is 15.2 Å². The number of hydrogen-bond donors (Lipinski definition) is 2. The van der Waals surface area contributed by atoms with Crippen LogP contribution in [0.3, 0.4) is 0 Å². The van der Waals surface area contributed by atoms with Crippen LogP contribution < -0.4 is 10.1 Å². The van der Waals surface area contributed by atoms with E-state index in [4.69, 9.17) is 33.0 Å². The zero-order chi connectivity index (χ0) is 16.8. The van der Waals surface area contributed by atoms with Crippen molar-refractivity contribution in [2.75, 3.05) is 26.2 Å². The first-order chi connectivity index (χ1) is 10.9. The molecule has 8 heteroatoms. The number of carbonyl (C=O) groups is 2. The van der Waals surface area contributed by atoms with Crippen LogP contribution in [0.4, 0.5) is 0 Å². The summed E-state index contributed by atoms with van der Waals surface area (Å²) >= 11 is 11.8. The lowest BCUT2D eigenvalue weighted by atomic mass is 10.1. The first kappa shape index (κ1) is 17.8. The maximum atomic E-state index is 11.7. The lowest BCUT2D eigenvalue weighted by molar-refractivity contribution is -0.138. The van der Waals surface area contributed by atoms with Gasteiger partial charge >= 0.3 is 5.97 Å². The van der Waals surface area contributed by atoms with Crippen LogP contribution in [0.25, 0.3) is 0 Å². The molecule has 0 saturated carbocycles. The zero-order valence-electron chi connectivity index (χ0n) is 12.4. The van der Waals surface area contributed by atoms with Gasteiger partial charge in [-0.3, -0.25) is 14.5 Å². The van der Waals surface area contributed by atoms with Crippen molar-refractivity contribution in [1.82, 2.24) is 10.2 Å². The maximum Gasteiger partial charge on any atom is 0.322 e. The second-order valence-corrected chi connectivity index (χ2v) is 6.18. The second kappa shape index (κ2) is 8.38. The van der Waals surface area contributed by atoms with Crippen molar-refractivity contribution in [1.29, 1.82) is 0 Å². The van der Waals surface area contributed by atoms with E-state index in [1.807, 2.05) is 4.90 Å². The zero-order valence-corrected chi connectivity index (χ0v) is 13.9. The fraction of sp³-hybridized carbons (Fsp3) is 0.467. The third kappa shape index (κ3) is 5.89. The van der Waals surface area contributed by atoms with Gasteiger partial charge in [-0.15, -0.1) is 0 Å². The van der Waals surface area contributed by atoms with Gasteiger partial charge in [0, 0.05) is 12.6 Å². The van der Waals surface area contributed by atoms with Crippen LogP contribution in [0.2, 0.25) is 10.0 Å². The third-order valence-corrected chi connectivity index (χ3v) is 4.20. The summed E-state index contributed by atoms with van der Waals surface area (Å²) in [6, 6.07) is 5.11. The number of carboxylic acids is 1. The van der Waals surface area contributed by atoms with E-state index in [2.05, 4.69) is 5.32 Å².